The number of hydrogen-bond donors (Lipinski definition) is 1. The number of hydrogen-bond acceptors (Lipinski definition) is 2. The van der Waals surface area contributed by atoms with Crippen molar-refractivity contribution in [1.29, 1.82) is 0 Å². The molecule has 9 heavy (non-hydrogen) atoms. The number of carbonyl (C=O) groups excluding carboxylic acids is 1. The van der Waals surface area contributed by atoms with Crippen molar-refractivity contribution in [3.63, 3.8) is 0 Å². The average Bonchev–Trinajstić information content (AvgIpc) is 1.85. The van der Waals surface area contributed by atoms with Gasteiger partial charge < -0.3 is 5.11 Å². The van der Waals surface area contributed by atoms with Crippen LogP contribution in [0.3, 0.4) is 0 Å². The molecule has 0 aromatic rings. The summed E-state index contributed by atoms with van der Waals surface area (Å²) in [7, 11) is 0. The van der Waals surface area contributed by atoms with Crippen LogP contribution in [-0.4, -0.2) is 17.5 Å². The predicted molar refractivity (Wildman–Crippen MR) is 43.1 cm³/mol. The van der Waals surface area contributed by atoms with E-state index in [4.69, 9.17) is 5.11 Å². The number of Topliss-reactive ketones (excluding diaryl/α,β-unsaturated/α-hetero) is 1. The highest BCUT2D eigenvalue weighted by Crippen LogP contribution is 1.86. The largest absolute Gasteiger partial charge is 0.396 e. The Morgan fingerprint density at radius 2 is 2.33 bits per heavy atom. The second-order valence-corrected chi connectivity index (χ2v) is 2.00. The zero-order chi connectivity index (χ0) is 7.11. The van der Waals surface area contributed by atoms with Crippen LogP contribution in [0.5, 0.6) is 0 Å². The van der Waals surface area contributed by atoms with Crippen LogP contribution in [0.4, 0.5) is 0 Å². The van der Waals surface area contributed by atoms with Crippen LogP contribution in [0.1, 0.15) is 12.8 Å². The van der Waals surface area contributed by atoms with Gasteiger partial charge in [0.25, 0.3) is 0 Å². The maximum atomic E-state index is 10.5. The molecule has 0 aliphatic heterocycles. The van der Waals surface area contributed by atoms with Gasteiger partial charge in [0, 0.05) is 35.6 Å². The van der Waals surface area contributed by atoms with Gasteiger partial charge in [-0.15, -0.1) is 0 Å². The van der Waals surface area contributed by atoms with Crippen LogP contribution in [0.2, 0.25) is 0 Å². The molecule has 0 atom stereocenters. The van der Waals surface area contributed by atoms with E-state index in [0.29, 0.717) is 0 Å². The number of aliphatic hydroxyl groups is 1. The summed E-state index contributed by atoms with van der Waals surface area (Å²) >= 11 is 1.87. The lowest BCUT2D eigenvalue weighted by Gasteiger charge is -1.87. The van der Waals surface area contributed by atoms with Crippen molar-refractivity contribution in [3.05, 3.63) is 0 Å². The summed E-state index contributed by atoms with van der Waals surface area (Å²) in [5, 5.41) is 8.27. The second kappa shape index (κ2) is 6.05. The molecule has 50 valence electrons. The molecule has 0 unspecified atom stereocenters. The Morgan fingerprint density at radius 1 is 1.67 bits per heavy atom. The van der Waals surface area contributed by atoms with Crippen molar-refractivity contribution in [2.24, 2.45) is 0 Å². The maximum Gasteiger partial charge on any atom is 0.147 e. The van der Waals surface area contributed by atoms with Crippen LogP contribution in [0, 0.1) is 9.85 Å². The molecule has 0 rings (SSSR count). The molecule has 0 fully saturated rings. The van der Waals surface area contributed by atoms with Gasteiger partial charge in [0.15, 0.2) is 0 Å². The lowest BCUT2D eigenvalue weighted by molar-refractivity contribution is -0.118. The van der Waals surface area contributed by atoms with Crippen molar-refractivity contribution in [3.8, 4) is 9.85 Å². The first-order valence-electron chi connectivity index (χ1n) is 2.52. The maximum absolute atomic E-state index is 10.5. The van der Waals surface area contributed by atoms with E-state index in [2.05, 4.69) is 9.85 Å². The smallest absolute Gasteiger partial charge is 0.147 e. The van der Waals surface area contributed by atoms with Gasteiger partial charge in [0.05, 0.1) is 6.42 Å². The molecule has 0 aliphatic carbocycles. The van der Waals surface area contributed by atoms with E-state index >= 15 is 0 Å². The van der Waals surface area contributed by atoms with Gasteiger partial charge >= 0.3 is 0 Å². The van der Waals surface area contributed by atoms with Crippen molar-refractivity contribution in [2.45, 2.75) is 12.8 Å². The highest BCUT2D eigenvalue weighted by Gasteiger charge is 1.95. The first-order valence-corrected chi connectivity index (χ1v) is 3.60. The molecule has 0 saturated heterocycles. The minimum absolute atomic E-state index is 0.00154. The highest BCUT2D eigenvalue weighted by atomic mass is 127. The highest BCUT2D eigenvalue weighted by molar-refractivity contribution is 14.1. The normalized spacial score (nSPS) is 7.78. The van der Waals surface area contributed by atoms with Crippen LogP contribution in [0.15, 0.2) is 0 Å². The molecule has 2 nitrogen and oxygen atoms in total. The molecular formula is C6H7IO2. The summed E-state index contributed by atoms with van der Waals surface area (Å²) in [4.78, 5) is 10.5. The minimum atomic E-state index is -0.0677. The Kier molecular flexibility index (Phi) is 5.99. The van der Waals surface area contributed by atoms with Gasteiger partial charge in [-0.1, -0.05) is 5.92 Å². The molecule has 0 heterocycles. The van der Waals surface area contributed by atoms with Crippen molar-refractivity contribution in [1.82, 2.24) is 0 Å². The Labute approximate surface area is 67.8 Å². The summed E-state index contributed by atoms with van der Waals surface area (Å²) in [6, 6.07) is 0. The van der Waals surface area contributed by atoms with Crippen molar-refractivity contribution in [2.75, 3.05) is 6.61 Å². The monoisotopic (exact) mass is 238 g/mol. The van der Waals surface area contributed by atoms with Gasteiger partial charge in [0.1, 0.15) is 5.78 Å². The van der Waals surface area contributed by atoms with Gasteiger partial charge in [-0.25, -0.2) is 0 Å². The van der Waals surface area contributed by atoms with Gasteiger partial charge in [-0.3, -0.25) is 4.79 Å². The van der Waals surface area contributed by atoms with Gasteiger partial charge in [-0.2, -0.15) is 0 Å². The summed E-state index contributed by atoms with van der Waals surface area (Å²) in [5.41, 5.74) is 0. The van der Waals surface area contributed by atoms with E-state index in [0.717, 1.165) is 0 Å². The Morgan fingerprint density at radius 3 is 2.78 bits per heavy atom. The van der Waals surface area contributed by atoms with E-state index in [9.17, 15) is 4.79 Å². The summed E-state index contributed by atoms with van der Waals surface area (Å²) in [6.07, 6.45) is 0.495. The van der Waals surface area contributed by atoms with E-state index in [1.165, 1.54) is 0 Å². The third kappa shape index (κ3) is 5.80. The number of ketones is 1. The standard InChI is InChI=1S/C6H7IO2/c7-4-1-2-6(9)3-5-8/h8H,2-3,5H2. The van der Waals surface area contributed by atoms with E-state index in [-0.39, 0.29) is 25.2 Å². The number of carbonyl (C=O) groups is 1. The SMILES string of the molecule is O=C(CC#CI)CCO. The fourth-order valence-electron chi connectivity index (χ4n) is 0.345. The molecule has 0 aliphatic rings. The zero-order valence-corrected chi connectivity index (χ0v) is 7.01. The molecule has 0 bridgehead atoms. The fraction of sp³-hybridized carbons (Fsp3) is 0.500. The molecule has 0 saturated carbocycles. The Balaban J connectivity index is 3.35. The van der Waals surface area contributed by atoms with Crippen molar-refractivity contribution >= 4 is 28.4 Å². The van der Waals surface area contributed by atoms with E-state index in [1.54, 1.807) is 0 Å². The molecule has 1 N–H and O–H groups in total. The van der Waals surface area contributed by atoms with E-state index in [1.807, 2.05) is 22.6 Å². The Hall–Kier alpha value is -0.0800. The van der Waals surface area contributed by atoms with Gasteiger partial charge in [0.2, 0.25) is 0 Å². The number of halogens is 1. The van der Waals surface area contributed by atoms with Crippen LogP contribution >= 0.6 is 22.6 Å². The Bertz CT molecular complexity index is 143. The molecule has 0 aromatic carbocycles. The topological polar surface area (TPSA) is 37.3 Å². The van der Waals surface area contributed by atoms with Crippen LogP contribution < -0.4 is 0 Å². The first-order chi connectivity index (χ1) is 4.31. The minimum Gasteiger partial charge on any atom is -0.396 e. The zero-order valence-electron chi connectivity index (χ0n) is 4.85. The molecule has 3 heteroatoms. The summed E-state index contributed by atoms with van der Waals surface area (Å²) < 4.78 is 2.57. The third-order valence-electron chi connectivity index (χ3n) is 0.743. The number of rotatable bonds is 3. The summed E-state index contributed by atoms with van der Waals surface area (Å²) in [5.74, 6) is 2.61. The molecule has 0 spiro atoms. The quantitative estimate of drug-likeness (QED) is 0.581. The van der Waals surface area contributed by atoms with Crippen LogP contribution in [-0.2, 0) is 4.79 Å². The molecule has 0 radical (unpaired) electrons. The second-order valence-electron chi connectivity index (χ2n) is 1.46. The molecule has 0 aromatic heterocycles. The lowest BCUT2D eigenvalue weighted by Crippen LogP contribution is -1.98. The fourth-order valence-corrected chi connectivity index (χ4v) is 0.536. The third-order valence-corrected chi connectivity index (χ3v) is 1.12. The number of aliphatic hydroxyl groups excluding tert-OH is 1. The lowest BCUT2D eigenvalue weighted by atomic mass is 10.2. The average molecular weight is 238 g/mol. The van der Waals surface area contributed by atoms with E-state index < -0.39 is 0 Å². The first kappa shape index (κ1) is 8.92. The molecular weight excluding hydrogens is 231 g/mol. The van der Waals surface area contributed by atoms with Gasteiger partial charge in [-0.05, 0) is 3.93 Å². The summed E-state index contributed by atoms with van der Waals surface area (Å²) in [6.45, 7) is -0.0677. The van der Waals surface area contributed by atoms with Crippen molar-refractivity contribution < 1.29 is 9.90 Å². The van der Waals surface area contributed by atoms with Crippen LogP contribution in [0.25, 0.3) is 0 Å². The predicted octanol–water partition coefficient (Wildman–Crippen LogP) is 0.724. The molecule has 0 amide bonds.